The number of rotatable bonds is 10. The number of likely N-dealkylation sites (tertiary alicyclic amines) is 1. The molecule has 1 fully saturated rings. The van der Waals surface area contributed by atoms with Crippen LogP contribution in [-0.4, -0.2) is 60.4 Å². The Morgan fingerprint density at radius 3 is 2.48 bits per heavy atom. The number of ether oxygens (including phenoxy) is 1. The molecule has 0 saturated carbocycles. The van der Waals surface area contributed by atoms with Gasteiger partial charge in [-0.25, -0.2) is 0 Å². The number of carbonyl (C=O) groups excluding carboxylic acids is 2. The van der Waals surface area contributed by atoms with Crippen molar-refractivity contribution in [2.45, 2.75) is 32.7 Å². The van der Waals surface area contributed by atoms with Crippen LogP contribution in [0.1, 0.15) is 43.9 Å². The molecule has 1 unspecified atom stereocenters. The third-order valence-electron chi connectivity index (χ3n) is 5.73. The predicted molar refractivity (Wildman–Crippen MR) is 130 cm³/mol. The fourth-order valence-electron chi connectivity index (χ4n) is 3.95. The number of nitrogens with zero attached hydrogens (tertiary/aromatic N) is 2. The van der Waals surface area contributed by atoms with Crippen molar-refractivity contribution in [2.75, 3.05) is 33.8 Å². The molecule has 6 heteroatoms. The zero-order chi connectivity index (χ0) is 24.0. The van der Waals surface area contributed by atoms with Gasteiger partial charge in [0.15, 0.2) is 0 Å². The van der Waals surface area contributed by atoms with Gasteiger partial charge < -0.3 is 19.6 Å². The largest absolute Gasteiger partial charge is 0.507 e. The van der Waals surface area contributed by atoms with Crippen molar-refractivity contribution in [3.63, 3.8) is 0 Å². The third kappa shape index (κ3) is 6.02. The Labute approximate surface area is 196 Å². The Bertz CT molecular complexity index is 998. The fourth-order valence-corrected chi connectivity index (χ4v) is 3.95. The third-order valence-corrected chi connectivity index (χ3v) is 5.73. The maximum Gasteiger partial charge on any atom is 0.295 e. The molecule has 1 N–H and O–H groups in total. The lowest BCUT2D eigenvalue weighted by Crippen LogP contribution is -2.32. The molecule has 6 nitrogen and oxygen atoms in total. The van der Waals surface area contributed by atoms with Gasteiger partial charge in [0.25, 0.3) is 11.7 Å². The van der Waals surface area contributed by atoms with E-state index in [1.807, 2.05) is 49.3 Å². The molecular weight excluding hydrogens is 416 g/mol. The molecule has 0 bridgehead atoms. The van der Waals surface area contributed by atoms with Crippen LogP contribution in [0.5, 0.6) is 5.75 Å². The van der Waals surface area contributed by atoms with Gasteiger partial charge in [0.05, 0.1) is 18.2 Å². The van der Waals surface area contributed by atoms with Crippen LogP contribution in [-0.2, 0) is 9.59 Å². The first-order chi connectivity index (χ1) is 15.8. The Hall–Kier alpha value is -3.12. The number of aliphatic hydroxyl groups excluding tert-OH is 1. The number of carbonyl (C=O) groups is 2. The van der Waals surface area contributed by atoms with Gasteiger partial charge in [-0.15, -0.1) is 0 Å². The summed E-state index contributed by atoms with van der Waals surface area (Å²) in [4.78, 5) is 29.7. The van der Waals surface area contributed by atoms with E-state index < -0.39 is 17.7 Å². The van der Waals surface area contributed by atoms with E-state index in [9.17, 15) is 14.7 Å². The van der Waals surface area contributed by atoms with Crippen molar-refractivity contribution in [2.24, 2.45) is 5.92 Å². The second-order valence-electron chi connectivity index (χ2n) is 9.12. The van der Waals surface area contributed by atoms with Crippen LogP contribution in [0.2, 0.25) is 0 Å². The second-order valence-corrected chi connectivity index (χ2v) is 9.12. The summed E-state index contributed by atoms with van der Waals surface area (Å²) in [6, 6.07) is 15.7. The molecule has 0 radical (unpaired) electrons. The number of amides is 1. The Morgan fingerprint density at radius 2 is 1.82 bits per heavy atom. The molecule has 1 amide bonds. The highest BCUT2D eigenvalue weighted by Gasteiger charge is 2.45. The van der Waals surface area contributed by atoms with E-state index in [1.165, 1.54) is 0 Å². The normalized spacial score (nSPS) is 17.9. The van der Waals surface area contributed by atoms with Gasteiger partial charge in [-0.3, -0.25) is 9.59 Å². The highest BCUT2D eigenvalue weighted by molar-refractivity contribution is 6.46. The minimum Gasteiger partial charge on any atom is -0.507 e. The van der Waals surface area contributed by atoms with Crippen LogP contribution < -0.4 is 4.74 Å². The average Bonchev–Trinajstić information content (AvgIpc) is 3.04. The molecule has 176 valence electrons. The molecule has 3 rings (SSSR count). The summed E-state index contributed by atoms with van der Waals surface area (Å²) in [5.74, 6) is -0.172. The van der Waals surface area contributed by atoms with Crippen LogP contribution >= 0.6 is 0 Å². The quantitative estimate of drug-likeness (QED) is 0.328. The first-order valence-corrected chi connectivity index (χ1v) is 11.5. The molecule has 1 aliphatic heterocycles. The molecule has 1 heterocycles. The molecule has 2 aromatic rings. The number of hydrogen-bond donors (Lipinski definition) is 1. The SMILES string of the molecule is CC(C)CCOc1cccc(C2/C(=C(\O)c3ccccc3)C(=O)C(=O)N2CCCN(C)C)c1. The first kappa shape index (κ1) is 24.5. The van der Waals surface area contributed by atoms with Gasteiger partial charge in [0.1, 0.15) is 11.5 Å². The Kier molecular flexibility index (Phi) is 8.28. The summed E-state index contributed by atoms with van der Waals surface area (Å²) in [7, 11) is 3.94. The van der Waals surface area contributed by atoms with Crippen molar-refractivity contribution >= 4 is 17.4 Å². The van der Waals surface area contributed by atoms with Crippen molar-refractivity contribution in [3.8, 4) is 5.75 Å². The molecule has 1 aliphatic rings. The minimum atomic E-state index is -0.666. The summed E-state index contributed by atoms with van der Waals surface area (Å²) >= 11 is 0. The monoisotopic (exact) mass is 450 g/mol. The summed E-state index contributed by atoms with van der Waals surface area (Å²) in [5.41, 5.74) is 1.38. The van der Waals surface area contributed by atoms with E-state index in [0.717, 1.165) is 18.5 Å². The summed E-state index contributed by atoms with van der Waals surface area (Å²) < 4.78 is 5.93. The summed E-state index contributed by atoms with van der Waals surface area (Å²) in [6.07, 6.45) is 1.65. The zero-order valence-corrected chi connectivity index (χ0v) is 20.0. The fraction of sp³-hybridized carbons (Fsp3) is 0.407. The van der Waals surface area contributed by atoms with Crippen LogP contribution in [0, 0.1) is 5.92 Å². The van der Waals surface area contributed by atoms with Crippen molar-refractivity contribution in [1.82, 2.24) is 9.80 Å². The van der Waals surface area contributed by atoms with Crippen LogP contribution in [0.15, 0.2) is 60.2 Å². The topological polar surface area (TPSA) is 70.1 Å². The number of aliphatic hydroxyl groups is 1. The van der Waals surface area contributed by atoms with Crippen molar-refractivity contribution in [1.29, 1.82) is 0 Å². The highest BCUT2D eigenvalue weighted by Crippen LogP contribution is 2.40. The van der Waals surface area contributed by atoms with E-state index in [2.05, 4.69) is 13.8 Å². The van der Waals surface area contributed by atoms with Crippen LogP contribution in [0.25, 0.3) is 5.76 Å². The smallest absolute Gasteiger partial charge is 0.295 e. The molecule has 1 atom stereocenters. The van der Waals surface area contributed by atoms with E-state index in [1.54, 1.807) is 29.2 Å². The van der Waals surface area contributed by atoms with Crippen LogP contribution in [0.3, 0.4) is 0 Å². The van der Waals surface area contributed by atoms with E-state index in [4.69, 9.17) is 4.74 Å². The van der Waals surface area contributed by atoms with E-state index in [-0.39, 0.29) is 11.3 Å². The van der Waals surface area contributed by atoms with Gasteiger partial charge in [-0.2, -0.15) is 0 Å². The number of ketones is 1. The van der Waals surface area contributed by atoms with E-state index >= 15 is 0 Å². The maximum absolute atomic E-state index is 13.1. The number of hydrogen-bond acceptors (Lipinski definition) is 5. The van der Waals surface area contributed by atoms with Crippen molar-refractivity contribution in [3.05, 3.63) is 71.3 Å². The first-order valence-electron chi connectivity index (χ1n) is 11.5. The number of benzene rings is 2. The second kappa shape index (κ2) is 11.1. The van der Waals surface area contributed by atoms with Gasteiger partial charge in [0.2, 0.25) is 0 Å². The van der Waals surface area contributed by atoms with Crippen molar-refractivity contribution < 1.29 is 19.4 Å². The van der Waals surface area contributed by atoms with Gasteiger partial charge in [-0.05, 0) is 57.1 Å². The van der Waals surface area contributed by atoms with Crippen LogP contribution in [0.4, 0.5) is 0 Å². The molecule has 1 saturated heterocycles. The van der Waals surface area contributed by atoms with Gasteiger partial charge in [-0.1, -0.05) is 56.3 Å². The molecule has 0 aliphatic carbocycles. The molecular formula is C27H34N2O4. The number of Topliss-reactive ketones (excluding diaryl/α,β-unsaturated/α-hetero) is 1. The standard InChI is InChI=1S/C27H34N2O4/c1-19(2)14-17-33-22-13-8-12-21(18-22)24-23(25(30)20-10-6-5-7-11-20)26(31)27(32)29(24)16-9-15-28(3)4/h5-8,10-13,18-19,24,30H,9,14-17H2,1-4H3/b25-23+. The lowest BCUT2D eigenvalue weighted by Gasteiger charge is -2.26. The lowest BCUT2D eigenvalue weighted by atomic mass is 9.95. The average molecular weight is 451 g/mol. The lowest BCUT2D eigenvalue weighted by molar-refractivity contribution is -0.139. The highest BCUT2D eigenvalue weighted by atomic mass is 16.5. The molecule has 0 spiro atoms. The predicted octanol–water partition coefficient (Wildman–Crippen LogP) is 4.48. The molecule has 33 heavy (non-hydrogen) atoms. The zero-order valence-electron chi connectivity index (χ0n) is 20.0. The Balaban J connectivity index is 2.01. The molecule has 0 aromatic heterocycles. The van der Waals surface area contributed by atoms with Gasteiger partial charge in [0, 0.05) is 12.1 Å². The van der Waals surface area contributed by atoms with Gasteiger partial charge >= 0.3 is 0 Å². The Morgan fingerprint density at radius 1 is 1.09 bits per heavy atom. The summed E-state index contributed by atoms with van der Waals surface area (Å²) in [6.45, 7) is 6.08. The molecule has 2 aromatic carbocycles. The summed E-state index contributed by atoms with van der Waals surface area (Å²) in [5, 5.41) is 11.1. The minimum absolute atomic E-state index is 0.121. The van der Waals surface area contributed by atoms with E-state index in [0.29, 0.717) is 36.8 Å². The maximum atomic E-state index is 13.1.